The van der Waals surface area contributed by atoms with E-state index in [1.54, 1.807) is 0 Å². The van der Waals surface area contributed by atoms with E-state index in [2.05, 4.69) is 60.5 Å². The summed E-state index contributed by atoms with van der Waals surface area (Å²) in [5, 5.41) is 4.28. The molecule has 4 atom stereocenters. The summed E-state index contributed by atoms with van der Waals surface area (Å²) < 4.78 is 8.23. The zero-order valence-electron chi connectivity index (χ0n) is 19.8. The standard InChI is InChI=1S/C19H27N2O2.C6H5.CH3.ClH.Sn/c1-13(2)17-11-10-14(3)12-18(17)23-19(22)21-20-15(4)16-8-6-5-7-9-16;1-2-4-6-5-3-1;;;/h6-9,13-14,17-18H,10-12H2,1-4H3,(H,21,22);1-5H;1H3;1H;/q;;;;+1/p-1. The van der Waals surface area contributed by atoms with Crippen LogP contribution in [0.2, 0.25) is 4.94 Å². The molecule has 0 aromatic heterocycles. The fourth-order valence-corrected chi connectivity index (χ4v) is 11.8. The summed E-state index contributed by atoms with van der Waals surface area (Å²) in [6, 6.07) is 18.6. The normalized spacial score (nSPS) is 23.5. The van der Waals surface area contributed by atoms with Crippen molar-refractivity contribution in [2.24, 2.45) is 22.9 Å². The van der Waals surface area contributed by atoms with Crippen LogP contribution < -0.4 is 12.6 Å². The van der Waals surface area contributed by atoms with Crippen LogP contribution in [-0.2, 0) is 4.74 Å². The molecule has 1 N–H and O–H groups in total. The quantitative estimate of drug-likeness (QED) is 0.287. The SMILES string of the molecule is CC(=NNC(=O)OC1CC(C)CCC1C(C)C)c1cc[c]([Sn]([CH3])([Cl])[c]2ccccc2)cc1. The third-order valence-corrected chi connectivity index (χ3v) is 17.7. The number of nitrogens with one attached hydrogen (secondary N) is 1. The van der Waals surface area contributed by atoms with Gasteiger partial charge < -0.3 is 0 Å². The maximum atomic E-state index is 12.4. The van der Waals surface area contributed by atoms with Gasteiger partial charge in [0.2, 0.25) is 0 Å². The van der Waals surface area contributed by atoms with E-state index in [-0.39, 0.29) is 6.10 Å². The van der Waals surface area contributed by atoms with Crippen LogP contribution in [0.5, 0.6) is 0 Å². The second-order valence-corrected chi connectivity index (χ2v) is 23.6. The minimum atomic E-state index is -3.09. The maximum absolute atomic E-state index is 12.4. The number of hydrazone groups is 1. The Bertz CT molecular complexity index is 929. The van der Waals surface area contributed by atoms with Crippen LogP contribution in [0.1, 0.15) is 52.5 Å². The number of carbonyl (C=O) groups excluding carboxylic acids is 1. The molecule has 1 amide bonds. The van der Waals surface area contributed by atoms with Crippen molar-refractivity contribution in [2.75, 3.05) is 0 Å². The van der Waals surface area contributed by atoms with Crippen molar-refractivity contribution in [3.8, 4) is 0 Å². The Morgan fingerprint density at radius 3 is 2.34 bits per heavy atom. The summed E-state index contributed by atoms with van der Waals surface area (Å²) in [5.74, 6) is 1.49. The van der Waals surface area contributed by atoms with Crippen LogP contribution in [0.4, 0.5) is 4.79 Å². The number of hydrogen-bond donors (Lipinski definition) is 1. The van der Waals surface area contributed by atoms with E-state index in [1.165, 1.54) is 13.6 Å². The van der Waals surface area contributed by atoms with Gasteiger partial charge in [0.05, 0.1) is 0 Å². The van der Waals surface area contributed by atoms with Gasteiger partial charge in [0.15, 0.2) is 0 Å². The Hall–Kier alpha value is -1.53. The van der Waals surface area contributed by atoms with Crippen molar-refractivity contribution < 1.29 is 9.53 Å². The number of amides is 1. The Labute approximate surface area is 200 Å². The molecule has 1 saturated carbocycles. The molecule has 0 spiro atoms. The molecule has 172 valence electrons. The molecule has 2 aromatic carbocycles. The van der Waals surface area contributed by atoms with E-state index in [9.17, 15) is 4.79 Å². The molecule has 0 saturated heterocycles. The van der Waals surface area contributed by atoms with E-state index in [0.717, 1.165) is 24.1 Å². The molecule has 32 heavy (non-hydrogen) atoms. The third kappa shape index (κ3) is 6.28. The zero-order valence-corrected chi connectivity index (χ0v) is 23.4. The van der Waals surface area contributed by atoms with Crippen molar-refractivity contribution in [2.45, 2.75) is 58.0 Å². The first-order chi connectivity index (χ1) is 15.2. The van der Waals surface area contributed by atoms with Crippen molar-refractivity contribution in [1.29, 1.82) is 0 Å². The van der Waals surface area contributed by atoms with E-state index < -0.39 is 23.3 Å². The first-order valence-corrected chi connectivity index (χ1v) is 20.9. The molecule has 0 bridgehead atoms. The summed E-state index contributed by atoms with van der Waals surface area (Å²) in [6.07, 6.45) is 2.72. The van der Waals surface area contributed by atoms with E-state index in [1.807, 2.05) is 37.3 Å². The first kappa shape index (κ1) is 25.1. The predicted octanol–water partition coefficient (Wildman–Crippen LogP) is 5.53. The van der Waals surface area contributed by atoms with Crippen molar-refractivity contribution >= 4 is 45.1 Å². The summed E-state index contributed by atoms with van der Waals surface area (Å²) in [4.78, 5) is 14.6. The molecule has 0 radical (unpaired) electrons. The van der Waals surface area contributed by atoms with Gasteiger partial charge in [-0.2, -0.15) is 0 Å². The monoisotopic (exact) mass is 562 g/mol. The van der Waals surface area contributed by atoms with Gasteiger partial charge in [0.1, 0.15) is 0 Å². The number of benzene rings is 2. The van der Waals surface area contributed by atoms with Crippen molar-refractivity contribution in [1.82, 2.24) is 5.43 Å². The van der Waals surface area contributed by atoms with Gasteiger partial charge in [0.25, 0.3) is 0 Å². The predicted molar refractivity (Wildman–Crippen MR) is 137 cm³/mol. The summed E-state index contributed by atoms with van der Waals surface area (Å²) in [7, 11) is 7.06. The molecule has 1 aliphatic carbocycles. The third-order valence-electron chi connectivity index (χ3n) is 6.70. The second-order valence-electron chi connectivity index (χ2n) is 9.53. The molecule has 2 aromatic rings. The van der Waals surface area contributed by atoms with Crippen LogP contribution in [0.25, 0.3) is 0 Å². The van der Waals surface area contributed by atoms with Gasteiger partial charge in [-0.25, -0.2) is 0 Å². The number of nitrogens with zero attached hydrogens (tertiary/aromatic N) is 1. The number of halogens is 1. The van der Waals surface area contributed by atoms with Crippen molar-refractivity contribution in [3.63, 3.8) is 0 Å². The van der Waals surface area contributed by atoms with Crippen LogP contribution in [0, 0.1) is 17.8 Å². The molecule has 1 aliphatic rings. The topological polar surface area (TPSA) is 50.7 Å². The van der Waals surface area contributed by atoms with E-state index in [0.29, 0.717) is 17.8 Å². The number of ether oxygens (including phenoxy) is 1. The fraction of sp³-hybridized carbons (Fsp3) is 0.462. The van der Waals surface area contributed by atoms with Gasteiger partial charge in [-0.1, -0.05) is 27.2 Å². The molecule has 4 unspecified atom stereocenters. The Kier molecular flexibility index (Phi) is 8.68. The molecule has 3 rings (SSSR count). The zero-order chi connectivity index (χ0) is 23.3. The average molecular weight is 562 g/mol. The van der Waals surface area contributed by atoms with Crippen LogP contribution in [-0.4, -0.2) is 35.2 Å². The minimum absolute atomic E-state index is 0.0413. The van der Waals surface area contributed by atoms with E-state index in [4.69, 9.17) is 13.7 Å². The molecule has 4 nitrogen and oxygen atoms in total. The van der Waals surface area contributed by atoms with Crippen molar-refractivity contribution in [3.05, 3.63) is 60.2 Å². The molecular weight excluding hydrogens is 526 g/mol. The summed E-state index contributed by atoms with van der Waals surface area (Å²) in [5.41, 5.74) is 4.27. The Morgan fingerprint density at radius 2 is 1.72 bits per heavy atom. The molecular formula is C26H35ClN2O2Sn. The van der Waals surface area contributed by atoms with Gasteiger partial charge in [-0.05, 0) is 0 Å². The molecule has 6 heteroatoms. The van der Waals surface area contributed by atoms with Crippen LogP contribution in [0.3, 0.4) is 0 Å². The average Bonchev–Trinajstić information content (AvgIpc) is 2.78. The van der Waals surface area contributed by atoms with Gasteiger partial charge in [-0.15, -0.1) is 0 Å². The summed E-state index contributed by atoms with van der Waals surface area (Å²) in [6.45, 7) is 8.52. The van der Waals surface area contributed by atoms with Gasteiger partial charge in [0, 0.05) is 0 Å². The summed E-state index contributed by atoms with van der Waals surface area (Å²) >= 11 is -3.09. The van der Waals surface area contributed by atoms with E-state index >= 15 is 0 Å². The molecule has 0 heterocycles. The fourth-order valence-electron chi connectivity index (χ4n) is 4.55. The van der Waals surface area contributed by atoms with Crippen LogP contribution >= 0.6 is 8.92 Å². The molecule has 1 fully saturated rings. The van der Waals surface area contributed by atoms with Gasteiger partial charge >= 0.3 is 174 Å². The molecule has 0 aliphatic heterocycles. The Morgan fingerprint density at radius 1 is 1.09 bits per heavy atom. The number of rotatable bonds is 6. The van der Waals surface area contributed by atoms with Crippen LogP contribution in [0.15, 0.2) is 59.7 Å². The second kappa shape index (κ2) is 11.1. The first-order valence-electron chi connectivity index (χ1n) is 11.5. The number of hydrogen-bond acceptors (Lipinski definition) is 3. The Balaban J connectivity index is 1.63. The van der Waals surface area contributed by atoms with Gasteiger partial charge in [-0.3, -0.25) is 0 Å². The number of carbonyl (C=O) groups is 1.